The third-order valence-corrected chi connectivity index (χ3v) is 4.32. The number of aromatic nitrogens is 2. The van der Waals surface area contributed by atoms with E-state index in [1.54, 1.807) is 0 Å². The van der Waals surface area contributed by atoms with Crippen LogP contribution in [0.25, 0.3) is 0 Å². The molecule has 0 spiro atoms. The number of nitrogens with one attached hydrogen (secondary N) is 1. The second-order valence-corrected chi connectivity index (χ2v) is 6.13. The average molecular weight is 350 g/mol. The second kappa shape index (κ2) is 7.76. The summed E-state index contributed by atoms with van der Waals surface area (Å²) < 4.78 is 3.30. The predicted molar refractivity (Wildman–Crippen MR) is 91.9 cm³/mol. The molecule has 0 amide bonds. The lowest BCUT2D eigenvalue weighted by atomic mass is 10.1. The molecule has 1 heterocycles. The van der Waals surface area contributed by atoms with Crippen molar-refractivity contribution in [2.75, 3.05) is 13.6 Å². The maximum absolute atomic E-state index is 4.85. The summed E-state index contributed by atoms with van der Waals surface area (Å²) in [5.74, 6) is 0. The zero-order valence-electron chi connectivity index (χ0n) is 13.1. The van der Waals surface area contributed by atoms with Crippen molar-refractivity contribution in [3.63, 3.8) is 0 Å². The third kappa shape index (κ3) is 3.95. The highest BCUT2D eigenvalue weighted by molar-refractivity contribution is 9.10. The first-order valence-corrected chi connectivity index (χ1v) is 8.45. The van der Waals surface area contributed by atoms with E-state index in [1.165, 1.54) is 22.5 Å². The van der Waals surface area contributed by atoms with Gasteiger partial charge in [0.25, 0.3) is 0 Å². The minimum Gasteiger partial charge on any atom is -0.319 e. The van der Waals surface area contributed by atoms with Crippen molar-refractivity contribution in [3.05, 3.63) is 51.3 Å². The molecule has 0 bridgehead atoms. The molecular weight excluding hydrogens is 326 g/mol. The summed E-state index contributed by atoms with van der Waals surface area (Å²) in [4.78, 5) is 0. The van der Waals surface area contributed by atoms with Gasteiger partial charge in [0.15, 0.2) is 0 Å². The van der Waals surface area contributed by atoms with Crippen LogP contribution in [0.3, 0.4) is 0 Å². The first-order chi connectivity index (χ1) is 10.2. The Bertz CT molecular complexity index is 572. The van der Waals surface area contributed by atoms with Gasteiger partial charge in [0.1, 0.15) is 0 Å². The van der Waals surface area contributed by atoms with Crippen LogP contribution >= 0.6 is 15.9 Å². The minimum atomic E-state index is 0.850. The topological polar surface area (TPSA) is 29.9 Å². The highest BCUT2D eigenvalue weighted by Gasteiger charge is 2.15. The molecule has 0 unspecified atom stereocenters. The van der Waals surface area contributed by atoms with E-state index in [1.807, 2.05) is 7.05 Å². The number of rotatable bonds is 7. The Morgan fingerprint density at radius 3 is 2.43 bits per heavy atom. The van der Waals surface area contributed by atoms with E-state index in [-0.39, 0.29) is 0 Å². The lowest BCUT2D eigenvalue weighted by Crippen LogP contribution is -2.12. The van der Waals surface area contributed by atoms with Crippen molar-refractivity contribution in [1.29, 1.82) is 0 Å². The van der Waals surface area contributed by atoms with Crippen LogP contribution in [0, 0.1) is 0 Å². The Morgan fingerprint density at radius 1 is 1.14 bits per heavy atom. The molecule has 3 nitrogen and oxygen atoms in total. The molecule has 1 aromatic carbocycles. The average Bonchev–Trinajstić information content (AvgIpc) is 2.84. The molecule has 0 atom stereocenters. The van der Waals surface area contributed by atoms with E-state index in [9.17, 15) is 0 Å². The predicted octanol–water partition coefficient (Wildman–Crippen LogP) is 3.58. The Hall–Kier alpha value is -1.13. The van der Waals surface area contributed by atoms with Gasteiger partial charge in [0.2, 0.25) is 0 Å². The molecule has 0 aliphatic rings. The van der Waals surface area contributed by atoms with Crippen LogP contribution in [-0.4, -0.2) is 23.4 Å². The second-order valence-electron chi connectivity index (χ2n) is 5.22. The summed E-state index contributed by atoms with van der Waals surface area (Å²) in [5, 5.41) is 8.09. The highest BCUT2D eigenvalue weighted by Crippen LogP contribution is 2.19. The van der Waals surface area contributed by atoms with Crippen LogP contribution in [0.15, 0.2) is 28.7 Å². The van der Waals surface area contributed by atoms with Crippen molar-refractivity contribution in [2.45, 2.75) is 39.7 Å². The molecule has 2 rings (SSSR count). The quantitative estimate of drug-likeness (QED) is 0.827. The SMILES string of the molecule is CCc1nn(Cc2ccc(Br)cc2)c(CC)c1CCNC. The number of benzene rings is 1. The molecule has 0 fully saturated rings. The van der Waals surface area contributed by atoms with Crippen molar-refractivity contribution >= 4 is 15.9 Å². The first-order valence-electron chi connectivity index (χ1n) is 7.66. The lowest BCUT2D eigenvalue weighted by Gasteiger charge is -2.08. The van der Waals surface area contributed by atoms with Gasteiger partial charge in [0.05, 0.1) is 12.2 Å². The monoisotopic (exact) mass is 349 g/mol. The summed E-state index contributed by atoms with van der Waals surface area (Å²) in [7, 11) is 2.00. The summed E-state index contributed by atoms with van der Waals surface area (Å²) in [5.41, 5.74) is 5.36. The van der Waals surface area contributed by atoms with Crippen LogP contribution in [-0.2, 0) is 25.8 Å². The van der Waals surface area contributed by atoms with E-state index in [0.717, 1.165) is 36.8 Å². The molecular formula is C17H24BrN3. The number of hydrogen-bond acceptors (Lipinski definition) is 2. The molecule has 1 aromatic heterocycles. The van der Waals surface area contributed by atoms with Gasteiger partial charge in [-0.2, -0.15) is 5.10 Å². The van der Waals surface area contributed by atoms with Gasteiger partial charge in [-0.1, -0.05) is 41.9 Å². The van der Waals surface area contributed by atoms with E-state index in [0.29, 0.717) is 0 Å². The standard InChI is InChI=1S/C17H24BrN3/c1-4-16-15(10-11-19-3)17(5-2)21(20-16)12-13-6-8-14(18)9-7-13/h6-9,19H,4-5,10-12H2,1-3H3. The van der Waals surface area contributed by atoms with E-state index >= 15 is 0 Å². The smallest absolute Gasteiger partial charge is 0.0662 e. The van der Waals surface area contributed by atoms with E-state index in [2.05, 4.69) is 64.0 Å². The summed E-state index contributed by atoms with van der Waals surface area (Å²) in [6, 6.07) is 8.49. The number of halogens is 1. The largest absolute Gasteiger partial charge is 0.319 e. The maximum atomic E-state index is 4.85. The molecule has 0 radical (unpaired) electrons. The summed E-state index contributed by atoms with van der Waals surface area (Å²) in [6.45, 7) is 6.26. The Morgan fingerprint density at radius 2 is 1.86 bits per heavy atom. The fourth-order valence-corrected chi connectivity index (χ4v) is 2.97. The molecule has 2 aromatic rings. The number of hydrogen-bond donors (Lipinski definition) is 1. The van der Waals surface area contributed by atoms with Gasteiger partial charge < -0.3 is 5.32 Å². The minimum absolute atomic E-state index is 0.850. The molecule has 4 heteroatoms. The van der Waals surface area contributed by atoms with Crippen molar-refractivity contribution in [3.8, 4) is 0 Å². The number of likely N-dealkylation sites (N-methyl/N-ethyl adjacent to an activating group) is 1. The van der Waals surface area contributed by atoms with Gasteiger partial charge in [0, 0.05) is 10.2 Å². The molecule has 0 saturated carbocycles. The zero-order valence-corrected chi connectivity index (χ0v) is 14.7. The Kier molecular flexibility index (Phi) is 6.00. The Balaban J connectivity index is 2.29. The van der Waals surface area contributed by atoms with Gasteiger partial charge in [-0.05, 0) is 56.1 Å². The molecule has 21 heavy (non-hydrogen) atoms. The van der Waals surface area contributed by atoms with Crippen molar-refractivity contribution in [1.82, 2.24) is 15.1 Å². The zero-order chi connectivity index (χ0) is 15.2. The molecule has 0 saturated heterocycles. The molecule has 0 aliphatic heterocycles. The van der Waals surface area contributed by atoms with E-state index in [4.69, 9.17) is 5.10 Å². The number of nitrogens with zero attached hydrogens (tertiary/aromatic N) is 2. The van der Waals surface area contributed by atoms with Gasteiger partial charge >= 0.3 is 0 Å². The van der Waals surface area contributed by atoms with Crippen LogP contribution < -0.4 is 5.32 Å². The van der Waals surface area contributed by atoms with Crippen LogP contribution in [0.2, 0.25) is 0 Å². The summed E-state index contributed by atoms with van der Waals surface area (Å²) >= 11 is 3.49. The number of aryl methyl sites for hydroxylation is 1. The van der Waals surface area contributed by atoms with Crippen LogP contribution in [0.1, 0.15) is 36.4 Å². The van der Waals surface area contributed by atoms with Gasteiger partial charge in [-0.25, -0.2) is 0 Å². The van der Waals surface area contributed by atoms with Crippen molar-refractivity contribution in [2.24, 2.45) is 0 Å². The highest BCUT2D eigenvalue weighted by atomic mass is 79.9. The van der Waals surface area contributed by atoms with Gasteiger partial charge in [-0.15, -0.1) is 0 Å². The lowest BCUT2D eigenvalue weighted by molar-refractivity contribution is 0.638. The van der Waals surface area contributed by atoms with Crippen molar-refractivity contribution < 1.29 is 0 Å². The Labute approximate surface area is 135 Å². The van der Waals surface area contributed by atoms with E-state index < -0.39 is 0 Å². The normalized spacial score (nSPS) is 11.0. The van der Waals surface area contributed by atoms with Crippen LogP contribution in [0.4, 0.5) is 0 Å². The first kappa shape index (κ1) is 16.2. The third-order valence-electron chi connectivity index (χ3n) is 3.79. The van der Waals surface area contributed by atoms with Crippen LogP contribution in [0.5, 0.6) is 0 Å². The fourth-order valence-electron chi connectivity index (χ4n) is 2.70. The molecule has 0 aliphatic carbocycles. The molecule has 1 N–H and O–H groups in total. The van der Waals surface area contributed by atoms with Gasteiger partial charge in [-0.3, -0.25) is 4.68 Å². The summed E-state index contributed by atoms with van der Waals surface area (Å²) in [6.07, 6.45) is 3.09. The molecule has 114 valence electrons. The maximum Gasteiger partial charge on any atom is 0.0662 e. The fraction of sp³-hybridized carbons (Fsp3) is 0.471.